The molecule has 1 aliphatic carbocycles. The molecule has 110 valence electrons. The first-order chi connectivity index (χ1) is 10.1. The Morgan fingerprint density at radius 3 is 2.86 bits per heavy atom. The van der Waals surface area contributed by atoms with Crippen LogP contribution in [0.5, 0.6) is 0 Å². The average Bonchev–Trinajstić information content (AvgIpc) is 3.15. The molecule has 0 spiro atoms. The second-order valence-electron chi connectivity index (χ2n) is 5.12. The van der Waals surface area contributed by atoms with E-state index in [-0.39, 0.29) is 16.6 Å². The Bertz CT molecular complexity index is 720. The van der Waals surface area contributed by atoms with Crippen molar-refractivity contribution in [1.82, 2.24) is 15.0 Å². The highest BCUT2D eigenvalue weighted by molar-refractivity contribution is 5.88. The molecule has 0 bridgehead atoms. The van der Waals surface area contributed by atoms with Crippen molar-refractivity contribution in [2.24, 2.45) is 5.92 Å². The third kappa shape index (κ3) is 2.76. The number of carbonyl (C=O) groups is 1. The molecule has 1 N–H and O–H groups in total. The molecule has 0 atom stereocenters. The lowest BCUT2D eigenvalue weighted by Gasteiger charge is -2.06. The lowest BCUT2D eigenvalue weighted by atomic mass is 10.1. The molecule has 1 aromatic heterocycles. The number of carboxylic acid groups (broad SMARTS) is 1. The molecule has 1 fully saturated rings. The summed E-state index contributed by atoms with van der Waals surface area (Å²) in [7, 11) is 0. The second-order valence-corrected chi connectivity index (χ2v) is 5.12. The van der Waals surface area contributed by atoms with Crippen molar-refractivity contribution in [3.63, 3.8) is 0 Å². The molecular weight excluding hydrogens is 280 g/mol. The number of hydrogen-bond donors (Lipinski definition) is 1. The van der Waals surface area contributed by atoms with E-state index in [1.165, 1.54) is 6.07 Å². The second kappa shape index (κ2) is 5.23. The van der Waals surface area contributed by atoms with Gasteiger partial charge in [-0.2, -0.15) is 0 Å². The zero-order valence-corrected chi connectivity index (χ0v) is 11.0. The van der Waals surface area contributed by atoms with Gasteiger partial charge in [0.15, 0.2) is 0 Å². The topological polar surface area (TPSA) is 68.0 Å². The SMILES string of the molecule is O=C(O)C=Cc1ccc2c(nnn2CC2CC2)c1C(F)F. The van der Waals surface area contributed by atoms with E-state index in [1.807, 2.05) is 0 Å². The fourth-order valence-corrected chi connectivity index (χ4v) is 2.29. The normalized spacial score (nSPS) is 15.4. The number of aliphatic carboxylic acids is 1. The van der Waals surface area contributed by atoms with Gasteiger partial charge in [0.1, 0.15) is 5.52 Å². The van der Waals surface area contributed by atoms with E-state index in [4.69, 9.17) is 5.11 Å². The predicted octanol–water partition coefficient (Wildman–Crippen LogP) is 2.88. The smallest absolute Gasteiger partial charge is 0.328 e. The highest BCUT2D eigenvalue weighted by atomic mass is 19.3. The van der Waals surface area contributed by atoms with Crippen LogP contribution in [0.4, 0.5) is 8.78 Å². The van der Waals surface area contributed by atoms with Crippen LogP contribution in [0.15, 0.2) is 18.2 Å². The van der Waals surface area contributed by atoms with Gasteiger partial charge in [0, 0.05) is 12.6 Å². The summed E-state index contributed by atoms with van der Waals surface area (Å²) in [6.45, 7) is 0.684. The summed E-state index contributed by atoms with van der Waals surface area (Å²) in [6.07, 6.45) is 1.50. The van der Waals surface area contributed by atoms with Crippen LogP contribution in [0.3, 0.4) is 0 Å². The number of hydrogen-bond acceptors (Lipinski definition) is 3. The highest BCUT2D eigenvalue weighted by Gasteiger charge is 2.25. The molecule has 1 aromatic carbocycles. The molecule has 2 aromatic rings. The van der Waals surface area contributed by atoms with Gasteiger partial charge in [-0.1, -0.05) is 11.3 Å². The number of fused-ring (bicyclic) bond motifs is 1. The Labute approximate surface area is 118 Å². The third-order valence-corrected chi connectivity index (χ3v) is 3.51. The fourth-order valence-electron chi connectivity index (χ4n) is 2.29. The van der Waals surface area contributed by atoms with E-state index in [2.05, 4.69) is 10.3 Å². The van der Waals surface area contributed by atoms with Crippen LogP contribution in [0.25, 0.3) is 17.1 Å². The van der Waals surface area contributed by atoms with Gasteiger partial charge in [-0.25, -0.2) is 18.3 Å². The maximum atomic E-state index is 13.3. The van der Waals surface area contributed by atoms with Gasteiger partial charge in [-0.15, -0.1) is 5.10 Å². The first-order valence-corrected chi connectivity index (χ1v) is 6.61. The maximum Gasteiger partial charge on any atom is 0.328 e. The molecule has 7 heteroatoms. The van der Waals surface area contributed by atoms with E-state index < -0.39 is 12.4 Å². The number of rotatable bonds is 5. The third-order valence-electron chi connectivity index (χ3n) is 3.51. The van der Waals surface area contributed by atoms with Gasteiger partial charge < -0.3 is 5.11 Å². The van der Waals surface area contributed by atoms with Crippen LogP contribution in [0.2, 0.25) is 0 Å². The summed E-state index contributed by atoms with van der Waals surface area (Å²) in [4.78, 5) is 10.5. The van der Waals surface area contributed by atoms with Crippen molar-refractivity contribution >= 4 is 23.1 Å². The van der Waals surface area contributed by atoms with Gasteiger partial charge >= 0.3 is 5.97 Å². The van der Waals surface area contributed by atoms with Crippen LogP contribution in [0.1, 0.15) is 30.4 Å². The van der Waals surface area contributed by atoms with Crippen LogP contribution in [-0.4, -0.2) is 26.1 Å². The zero-order valence-electron chi connectivity index (χ0n) is 11.0. The number of halogens is 2. The predicted molar refractivity (Wildman–Crippen MR) is 71.9 cm³/mol. The maximum absolute atomic E-state index is 13.3. The summed E-state index contributed by atoms with van der Waals surface area (Å²) < 4.78 is 28.3. The number of alkyl halides is 2. The summed E-state index contributed by atoms with van der Waals surface area (Å²) in [6, 6.07) is 3.14. The fraction of sp³-hybridized carbons (Fsp3) is 0.357. The zero-order chi connectivity index (χ0) is 15.0. The monoisotopic (exact) mass is 293 g/mol. The van der Waals surface area contributed by atoms with Crippen LogP contribution < -0.4 is 0 Å². The van der Waals surface area contributed by atoms with Crippen LogP contribution in [-0.2, 0) is 11.3 Å². The Kier molecular flexibility index (Phi) is 3.40. The van der Waals surface area contributed by atoms with Crippen molar-refractivity contribution in [3.05, 3.63) is 29.3 Å². The molecule has 3 rings (SSSR count). The lowest BCUT2D eigenvalue weighted by Crippen LogP contribution is -2.02. The molecule has 1 saturated carbocycles. The molecule has 21 heavy (non-hydrogen) atoms. The van der Waals surface area contributed by atoms with Gasteiger partial charge in [0.2, 0.25) is 0 Å². The van der Waals surface area contributed by atoms with E-state index in [9.17, 15) is 13.6 Å². The standard InChI is InChI=1S/C14H13F2N3O2/c15-14(16)12-9(4-6-11(20)21)3-5-10-13(12)17-18-19(10)7-8-1-2-8/h3-6,8,14H,1-2,7H2,(H,20,21). The first-order valence-electron chi connectivity index (χ1n) is 6.61. The summed E-state index contributed by atoms with van der Waals surface area (Å²) in [5.74, 6) is -0.635. The molecule has 1 heterocycles. The summed E-state index contributed by atoms with van der Waals surface area (Å²) >= 11 is 0. The first kappa shape index (κ1) is 13.7. The molecular formula is C14H13F2N3O2. The quantitative estimate of drug-likeness (QED) is 0.861. The van der Waals surface area contributed by atoms with Crippen molar-refractivity contribution < 1.29 is 18.7 Å². The average molecular weight is 293 g/mol. The molecule has 1 aliphatic rings. The van der Waals surface area contributed by atoms with Crippen LogP contribution >= 0.6 is 0 Å². The molecule has 0 unspecified atom stereocenters. The van der Waals surface area contributed by atoms with Gasteiger partial charge in [0.05, 0.1) is 11.1 Å². The molecule has 0 aliphatic heterocycles. The highest BCUT2D eigenvalue weighted by Crippen LogP contribution is 2.34. The molecule has 0 radical (unpaired) electrons. The number of benzene rings is 1. The van der Waals surface area contributed by atoms with Crippen molar-refractivity contribution in [2.75, 3.05) is 0 Å². The molecule has 0 amide bonds. The van der Waals surface area contributed by atoms with Gasteiger partial charge in [0.25, 0.3) is 6.43 Å². The number of aromatic nitrogens is 3. The minimum atomic E-state index is -2.74. The molecule has 0 saturated heterocycles. The number of carboxylic acids is 1. The Hall–Kier alpha value is -2.31. The summed E-state index contributed by atoms with van der Waals surface area (Å²) in [5.41, 5.74) is 0.577. The van der Waals surface area contributed by atoms with Crippen molar-refractivity contribution in [3.8, 4) is 0 Å². The van der Waals surface area contributed by atoms with Crippen LogP contribution in [0, 0.1) is 5.92 Å². The number of nitrogens with zero attached hydrogens (tertiary/aromatic N) is 3. The summed E-state index contributed by atoms with van der Waals surface area (Å²) in [5, 5.41) is 16.4. The van der Waals surface area contributed by atoms with Gasteiger partial charge in [-0.3, -0.25) is 0 Å². The van der Waals surface area contributed by atoms with E-state index in [0.29, 0.717) is 18.0 Å². The lowest BCUT2D eigenvalue weighted by molar-refractivity contribution is -0.131. The van der Waals surface area contributed by atoms with Gasteiger partial charge in [-0.05, 0) is 36.5 Å². The minimum Gasteiger partial charge on any atom is -0.478 e. The van der Waals surface area contributed by atoms with E-state index >= 15 is 0 Å². The molecule has 5 nitrogen and oxygen atoms in total. The Morgan fingerprint density at radius 2 is 2.24 bits per heavy atom. The van der Waals surface area contributed by atoms with Crippen molar-refractivity contribution in [1.29, 1.82) is 0 Å². The Balaban J connectivity index is 2.08. The van der Waals surface area contributed by atoms with E-state index in [0.717, 1.165) is 25.0 Å². The minimum absolute atomic E-state index is 0.137. The largest absolute Gasteiger partial charge is 0.478 e. The Morgan fingerprint density at radius 1 is 1.48 bits per heavy atom. The van der Waals surface area contributed by atoms with Crippen molar-refractivity contribution in [2.45, 2.75) is 25.8 Å². The van der Waals surface area contributed by atoms with E-state index in [1.54, 1.807) is 10.7 Å².